The molecule has 3 aromatic carbocycles. The molecule has 1 amide bonds. The third-order valence-electron chi connectivity index (χ3n) is 4.91. The predicted molar refractivity (Wildman–Crippen MR) is 126 cm³/mol. The first kappa shape index (κ1) is 22.4. The minimum atomic E-state index is -0.588. The van der Waals surface area contributed by atoms with Crippen molar-refractivity contribution in [3.05, 3.63) is 90.0 Å². The maximum Gasteiger partial charge on any atom is 0.343 e. The van der Waals surface area contributed by atoms with Gasteiger partial charge in [0.2, 0.25) is 0 Å². The highest BCUT2D eigenvalue weighted by atomic mass is 16.5. The molecular weight excluding hydrogens is 436 g/mol. The summed E-state index contributed by atoms with van der Waals surface area (Å²) in [6.07, 6.45) is 5.64. The third-order valence-corrected chi connectivity index (χ3v) is 4.91. The largest absolute Gasteiger partial charge is 0.493 e. The second-order valence-corrected chi connectivity index (χ2v) is 6.95. The van der Waals surface area contributed by atoms with E-state index in [1.165, 1.54) is 45.1 Å². The summed E-state index contributed by atoms with van der Waals surface area (Å²) in [5, 5.41) is 5.74. The summed E-state index contributed by atoms with van der Waals surface area (Å²) in [6.45, 7) is 0. The lowest BCUT2D eigenvalue weighted by atomic mass is 10.0. The van der Waals surface area contributed by atoms with Crippen LogP contribution in [0.3, 0.4) is 0 Å². The monoisotopic (exact) mass is 456 g/mol. The van der Waals surface area contributed by atoms with Crippen molar-refractivity contribution in [2.24, 2.45) is 5.10 Å². The molecule has 0 spiro atoms. The van der Waals surface area contributed by atoms with Crippen molar-refractivity contribution in [2.45, 2.75) is 0 Å². The second kappa shape index (κ2) is 10.2. The highest BCUT2D eigenvalue weighted by Crippen LogP contribution is 2.30. The van der Waals surface area contributed by atoms with Crippen LogP contribution in [0.1, 0.15) is 26.4 Å². The molecule has 0 fully saturated rings. The Morgan fingerprint density at radius 2 is 1.74 bits per heavy atom. The molecular formula is C25H20N4O5. The van der Waals surface area contributed by atoms with Crippen molar-refractivity contribution in [1.29, 1.82) is 0 Å². The first-order chi connectivity index (χ1) is 16.6. The number of hydrazone groups is 1. The number of nitrogens with one attached hydrogen (secondary N) is 1. The number of amides is 1. The van der Waals surface area contributed by atoms with Crippen molar-refractivity contribution in [2.75, 3.05) is 14.2 Å². The summed E-state index contributed by atoms with van der Waals surface area (Å²) in [4.78, 5) is 32.9. The maximum absolute atomic E-state index is 12.9. The average Bonchev–Trinajstić information content (AvgIpc) is 2.89. The molecule has 1 heterocycles. The molecule has 0 aliphatic heterocycles. The van der Waals surface area contributed by atoms with E-state index in [-0.39, 0.29) is 17.0 Å². The lowest BCUT2D eigenvalue weighted by Crippen LogP contribution is -2.19. The van der Waals surface area contributed by atoms with Gasteiger partial charge < -0.3 is 14.2 Å². The fourth-order valence-electron chi connectivity index (χ4n) is 3.25. The van der Waals surface area contributed by atoms with Crippen LogP contribution in [0.25, 0.3) is 10.8 Å². The van der Waals surface area contributed by atoms with E-state index in [1.807, 2.05) is 30.3 Å². The molecule has 34 heavy (non-hydrogen) atoms. The SMILES string of the molecule is COc1ccc(C(=O)Oc2ccc3ccccc3c2/C=N/NC(=O)c2cnccn2)cc1OC. The van der Waals surface area contributed by atoms with E-state index in [2.05, 4.69) is 20.5 Å². The Labute approximate surface area is 195 Å². The van der Waals surface area contributed by atoms with Gasteiger partial charge in [-0.15, -0.1) is 0 Å². The van der Waals surface area contributed by atoms with Gasteiger partial charge in [-0.1, -0.05) is 30.3 Å². The van der Waals surface area contributed by atoms with E-state index in [1.54, 1.807) is 18.2 Å². The van der Waals surface area contributed by atoms with Crippen molar-refractivity contribution in [3.8, 4) is 17.2 Å². The Balaban J connectivity index is 1.63. The summed E-state index contributed by atoms with van der Waals surface area (Å²) in [7, 11) is 3.00. The van der Waals surface area contributed by atoms with E-state index in [0.29, 0.717) is 17.1 Å². The van der Waals surface area contributed by atoms with Crippen LogP contribution < -0.4 is 19.6 Å². The zero-order valence-electron chi connectivity index (χ0n) is 18.4. The smallest absolute Gasteiger partial charge is 0.343 e. The lowest BCUT2D eigenvalue weighted by molar-refractivity contribution is 0.0734. The number of esters is 1. The molecule has 0 saturated heterocycles. The molecule has 0 saturated carbocycles. The van der Waals surface area contributed by atoms with Crippen LogP contribution in [0.4, 0.5) is 0 Å². The van der Waals surface area contributed by atoms with Gasteiger partial charge in [0.15, 0.2) is 11.5 Å². The molecule has 0 atom stereocenters. The van der Waals surface area contributed by atoms with Gasteiger partial charge in [-0.25, -0.2) is 15.2 Å². The van der Waals surface area contributed by atoms with Gasteiger partial charge >= 0.3 is 5.97 Å². The Bertz CT molecular complexity index is 1370. The van der Waals surface area contributed by atoms with Crippen molar-refractivity contribution in [3.63, 3.8) is 0 Å². The standard InChI is InChI=1S/C25H20N4O5/c1-32-22-10-8-17(13-23(22)33-2)25(31)34-21-9-7-16-5-3-4-6-18(16)19(21)14-28-29-24(30)20-15-26-11-12-27-20/h3-15H,1-2H3,(H,29,30)/b28-14+. The first-order valence-electron chi connectivity index (χ1n) is 10.2. The fraction of sp³-hybridized carbons (Fsp3) is 0.0800. The number of carbonyl (C=O) groups is 2. The van der Waals surface area contributed by atoms with Crippen molar-refractivity contribution in [1.82, 2.24) is 15.4 Å². The highest BCUT2D eigenvalue weighted by molar-refractivity contribution is 6.04. The number of fused-ring (bicyclic) bond motifs is 1. The molecule has 9 nitrogen and oxygen atoms in total. The number of nitrogens with zero attached hydrogens (tertiary/aromatic N) is 3. The van der Waals surface area contributed by atoms with Crippen LogP contribution >= 0.6 is 0 Å². The van der Waals surface area contributed by atoms with Gasteiger partial charge in [-0.05, 0) is 35.0 Å². The Morgan fingerprint density at radius 1 is 0.941 bits per heavy atom. The predicted octanol–water partition coefficient (Wildman–Crippen LogP) is 3.63. The van der Waals surface area contributed by atoms with E-state index in [9.17, 15) is 9.59 Å². The Kier molecular flexibility index (Phi) is 6.73. The molecule has 170 valence electrons. The van der Waals surface area contributed by atoms with Gasteiger partial charge in [-0.3, -0.25) is 9.78 Å². The lowest BCUT2D eigenvalue weighted by Gasteiger charge is -2.12. The number of ether oxygens (including phenoxy) is 3. The van der Waals surface area contributed by atoms with Crippen LogP contribution in [0.2, 0.25) is 0 Å². The molecule has 1 aromatic heterocycles. The highest BCUT2D eigenvalue weighted by Gasteiger charge is 2.16. The Hall–Kier alpha value is -4.79. The second-order valence-electron chi connectivity index (χ2n) is 6.95. The van der Waals surface area contributed by atoms with Crippen LogP contribution in [-0.4, -0.2) is 42.3 Å². The fourth-order valence-corrected chi connectivity index (χ4v) is 3.25. The van der Waals surface area contributed by atoms with Crippen LogP contribution in [-0.2, 0) is 0 Å². The zero-order chi connectivity index (χ0) is 23.9. The average molecular weight is 456 g/mol. The maximum atomic E-state index is 12.9. The van der Waals surface area contributed by atoms with Crippen molar-refractivity contribution >= 4 is 28.9 Å². The minimum Gasteiger partial charge on any atom is -0.493 e. The van der Waals surface area contributed by atoms with Crippen LogP contribution in [0.15, 0.2) is 78.3 Å². The first-order valence-corrected chi connectivity index (χ1v) is 10.2. The van der Waals surface area contributed by atoms with Crippen LogP contribution in [0.5, 0.6) is 17.2 Å². The van der Waals surface area contributed by atoms with E-state index in [0.717, 1.165) is 10.8 Å². The summed E-state index contributed by atoms with van der Waals surface area (Å²) in [6, 6.07) is 15.8. The van der Waals surface area contributed by atoms with Crippen molar-refractivity contribution < 1.29 is 23.8 Å². The summed E-state index contributed by atoms with van der Waals surface area (Å²) < 4.78 is 16.2. The number of carbonyl (C=O) groups excluding carboxylic acids is 2. The normalized spacial score (nSPS) is 10.8. The molecule has 9 heteroatoms. The summed E-state index contributed by atoms with van der Waals surface area (Å²) in [5.41, 5.74) is 3.33. The number of hydrogen-bond acceptors (Lipinski definition) is 8. The van der Waals surface area contributed by atoms with E-state index in [4.69, 9.17) is 14.2 Å². The number of benzene rings is 3. The summed E-state index contributed by atoms with van der Waals surface area (Å²) >= 11 is 0. The molecule has 0 aliphatic carbocycles. The molecule has 0 unspecified atom stereocenters. The van der Waals surface area contributed by atoms with Crippen LogP contribution in [0, 0.1) is 0 Å². The minimum absolute atomic E-state index is 0.123. The number of hydrogen-bond donors (Lipinski definition) is 1. The van der Waals surface area contributed by atoms with E-state index >= 15 is 0 Å². The van der Waals surface area contributed by atoms with E-state index < -0.39 is 11.9 Å². The third kappa shape index (κ3) is 4.83. The van der Waals surface area contributed by atoms with Gasteiger partial charge in [0.25, 0.3) is 5.91 Å². The topological polar surface area (TPSA) is 112 Å². The van der Waals surface area contributed by atoms with Gasteiger partial charge in [-0.2, -0.15) is 5.10 Å². The van der Waals surface area contributed by atoms with Gasteiger partial charge in [0, 0.05) is 18.0 Å². The summed E-state index contributed by atoms with van der Waals surface area (Å²) in [5.74, 6) is 0.0688. The molecule has 0 bridgehead atoms. The Morgan fingerprint density at radius 3 is 2.50 bits per heavy atom. The zero-order valence-corrected chi connectivity index (χ0v) is 18.4. The van der Waals surface area contributed by atoms with Gasteiger partial charge in [0.1, 0.15) is 11.4 Å². The molecule has 1 N–H and O–H groups in total. The number of methoxy groups -OCH3 is 2. The molecule has 0 radical (unpaired) electrons. The quantitative estimate of drug-likeness (QED) is 0.196. The number of aromatic nitrogens is 2. The van der Waals surface area contributed by atoms with Gasteiger partial charge in [0.05, 0.1) is 32.2 Å². The molecule has 4 rings (SSSR count). The molecule has 0 aliphatic rings. The number of rotatable bonds is 7. The molecule has 4 aromatic rings.